The van der Waals surface area contributed by atoms with Crippen molar-refractivity contribution in [2.45, 2.75) is 13.8 Å². The van der Waals surface area contributed by atoms with Gasteiger partial charge in [-0.15, -0.1) is 18.2 Å². The third-order valence-electron chi connectivity index (χ3n) is 1.80. The molecule has 1 aromatic heterocycles. The summed E-state index contributed by atoms with van der Waals surface area (Å²) in [5.41, 5.74) is 1.86. The van der Waals surface area contributed by atoms with E-state index in [4.69, 9.17) is 6.42 Å². The fourth-order valence-corrected chi connectivity index (χ4v) is 1.59. The van der Waals surface area contributed by atoms with Gasteiger partial charge in [0.05, 0.1) is 17.1 Å². The summed E-state index contributed by atoms with van der Waals surface area (Å²) in [6.45, 7) is 4.75. The summed E-state index contributed by atoms with van der Waals surface area (Å²) in [6, 6.07) is 0. The molecule has 1 aromatic rings. The number of aryl methyl sites for hydroxylation is 2. The van der Waals surface area contributed by atoms with Crippen LogP contribution in [-0.4, -0.2) is 28.0 Å². The molecule has 0 saturated carbocycles. The van der Waals surface area contributed by atoms with Crippen LogP contribution >= 0.6 is 11.8 Å². The average Bonchev–Trinajstić information content (AvgIpc) is 2.23. The van der Waals surface area contributed by atoms with E-state index in [1.807, 2.05) is 13.8 Å². The molecule has 0 saturated heterocycles. The van der Waals surface area contributed by atoms with E-state index in [1.165, 1.54) is 0 Å². The Labute approximate surface area is 95.1 Å². The van der Waals surface area contributed by atoms with E-state index in [2.05, 4.69) is 21.2 Å². The van der Waals surface area contributed by atoms with Crippen LogP contribution in [0, 0.1) is 26.2 Å². The second-order valence-electron chi connectivity index (χ2n) is 3.13. The second-order valence-corrected chi connectivity index (χ2v) is 4.23. The van der Waals surface area contributed by atoms with Crippen LogP contribution in [0.3, 0.4) is 0 Å². The third kappa shape index (κ3) is 4.22. The predicted octanol–water partition coefficient (Wildman–Crippen LogP) is 1.87. The Morgan fingerprint density at radius 2 is 2.33 bits per heavy atom. The highest BCUT2D eigenvalue weighted by Gasteiger charge is 2.00. The number of hydrogen-bond acceptors (Lipinski definition) is 4. The van der Waals surface area contributed by atoms with Gasteiger partial charge >= 0.3 is 0 Å². The van der Waals surface area contributed by atoms with Crippen LogP contribution in [0.15, 0.2) is 6.20 Å². The lowest BCUT2D eigenvalue weighted by Crippen LogP contribution is -2.08. The highest BCUT2D eigenvalue weighted by Crippen LogP contribution is 2.08. The molecule has 0 aliphatic rings. The molecule has 0 aromatic carbocycles. The first kappa shape index (κ1) is 11.9. The zero-order chi connectivity index (χ0) is 11.1. The molecule has 0 atom stereocenters. The summed E-state index contributed by atoms with van der Waals surface area (Å²) in [7, 11) is 0. The maximum absolute atomic E-state index is 5.15. The lowest BCUT2D eigenvalue weighted by molar-refractivity contribution is 1.04. The number of aromatic nitrogens is 2. The van der Waals surface area contributed by atoms with Crippen molar-refractivity contribution in [3.8, 4) is 12.3 Å². The van der Waals surface area contributed by atoms with Gasteiger partial charge in [-0.2, -0.15) is 0 Å². The number of terminal acetylenes is 1. The molecule has 15 heavy (non-hydrogen) atoms. The first-order valence-electron chi connectivity index (χ1n) is 4.79. The maximum atomic E-state index is 5.15. The normalized spacial score (nSPS) is 9.67. The molecule has 1 N–H and O–H groups in total. The van der Waals surface area contributed by atoms with Gasteiger partial charge in [-0.25, -0.2) is 4.98 Å². The van der Waals surface area contributed by atoms with Crippen molar-refractivity contribution in [2.24, 2.45) is 0 Å². The van der Waals surface area contributed by atoms with Gasteiger partial charge in [-0.1, -0.05) is 5.92 Å². The molecule has 0 aliphatic heterocycles. The molecule has 4 heteroatoms. The number of hydrogen-bond donors (Lipinski definition) is 1. The molecule has 0 fully saturated rings. The quantitative estimate of drug-likeness (QED) is 0.608. The fraction of sp³-hybridized carbons (Fsp3) is 0.455. The predicted molar refractivity (Wildman–Crippen MR) is 66.2 cm³/mol. The van der Waals surface area contributed by atoms with Crippen LogP contribution in [0.5, 0.6) is 0 Å². The number of nitrogens with zero attached hydrogens (tertiary/aromatic N) is 2. The van der Waals surface area contributed by atoms with Gasteiger partial charge in [0.1, 0.15) is 5.82 Å². The van der Waals surface area contributed by atoms with Crippen LogP contribution in [-0.2, 0) is 0 Å². The van der Waals surface area contributed by atoms with Gasteiger partial charge in [0.25, 0.3) is 0 Å². The standard InChI is InChI=1S/C11H15N3S/c1-4-6-15-7-5-12-11-10(3)13-8-9(2)14-11/h1,8H,5-7H2,2-3H3,(H,12,14). The van der Waals surface area contributed by atoms with E-state index in [0.717, 1.165) is 35.3 Å². The Balaban J connectivity index is 2.37. The van der Waals surface area contributed by atoms with Gasteiger partial charge in [0, 0.05) is 18.5 Å². The van der Waals surface area contributed by atoms with E-state index in [1.54, 1.807) is 18.0 Å². The van der Waals surface area contributed by atoms with Crippen molar-refractivity contribution >= 4 is 17.6 Å². The molecule has 80 valence electrons. The number of anilines is 1. The zero-order valence-corrected chi connectivity index (χ0v) is 9.90. The summed E-state index contributed by atoms with van der Waals surface area (Å²) < 4.78 is 0. The summed E-state index contributed by atoms with van der Waals surface area (Å²) in [6.07, 6.45) is 6.92. The third-order valence-corrected chi connectivity index (χ3v) is 2.66. The van der Waals surface area contributed by atoms with Crippen LogP contribution in [0.4, 0.5) is 5.82 Å². The first-order valence-corrected chi connectivity index (χ1v) is 5.95. The molecular formula is C11H15N3S. The van der Waals surface area contributed by atoms with Gasteiger partial charge < -0.3 is 5.32 Å². The minimum Gasteiger partial charge on any atom is -0.368 e. The molecule has 0 radical (unpaired) electrons. The van der Waals surface area contributed by atoms with E-state index in [0.29, 0.717) is 0 Å². The summed E-state index contributed by atoms with van der Waals surface area (Å²) in [5, 5.41) is 3.25. The number of rotatable bonds is 5. The van der Waals surface area contributed by atoms with Crippen molar-refractivity contribution < 1.29 is 0 Å². The molecule has 0 unspecified atom stereocenters. The lowest BCUT2D eigenvalue weighted by atomic mass is 10.4. The van der Waals surface area contributed by atoms with Gasteiger partial charge in [0.15, 0.2) is 0 Å². The molecule has 0 spiro atoms. The molecule has 3 nitrogen and oxygen atoms in total. The van der Waals surface area contributed by atoms with Crippen molar-refractivity contribution in [3.05, 3.63) is 17.6 Å². The van der Waals surface area contributed by atoms with Gasteiger partial charge in [-0.05, 0) is 13.8 Å². The first-order chi connectivity index (χ1) is 7.24. The lowest BCUT2D eigenvalue weighted by Gasteiger charge is -2.07. The largest absolute Gasteiger partial charge is 0.368 e. The van der Waals surface area contributed by atoms with Crippen LogP contribution in [0.25, 0.3) is 0 Å². The SMILES string of the molecule is C#CCSCCNc1nc(C)cnc1C. The Hall–Kier alpha value is -1.21. The van der Waals surface area contributed by atoms with Crippen LogP contribution in [0.2, 0.25) is 0 Å². The summed E-state index contributed by atoms with van der Waals surface area (Å²) in [5.74, 6) is 5.22. The zero-order valence-electron chi connectivity index (χ0n) is 9.08. The molecule has 0 aliphatic carbocycles. The monoisotopic (exact) mass is 221 g/mol. The Morgan fingerprint density at radius 3 is 3.07 bits per heavy atom. The van der Waals surface area contributed by atoms with Crippen molar-refractivity contribution in [1.82, 2.24) is 9.97 Å². The topological polar surface area (TPSA) is 37.8 Å². The molecule has 0 amide bonds. The van der Waals surface area contributed by atoms with Crippen molar-refractivity contribution in [3.63, 3.8) is 0 Å². The minimum absolute atomic E-state index is 0.764. The van der Waals surface area contributed by atoms with Crippen molar-refractivity contribution in [1.29, 1.82) is 0 Å². The smallest absolute Gasteiger partial charge is 0.147 e. The number of thioether (sulfide) groups is 1. The Bertz CT molecular complexity index is 357. The highest BCUT2D eigenvalue weighted by molar-refractivity contribution is 7.99. The van der Waals surface area contributed by atoms with E-state index >= 15 is 0 Å². The summed E-state index contributed by atoms with van der Waals surface area (Å²) >= 11 is 1.74. The van der Waals surface area contributed by atoms with E-state index in [-0.39, 0.29) is 0 Å². The highest BCUT2D eigenvalue weighted by atomic mass is 32.2. The van der Waals surface area contributed by atoms with Gasteiger partial charge in [0.2, 0.25) is 0 Å². The molecule has 0 bridgehead atoms. The molecule has 1 rings (SSSR count). The molecule has 1 heterocycles. The van der Waals surface area contributed by atoms with E-state index < -0.39 is 0 Å². The van der Waals surface area contributed by atoms with Crippen LogP contribution < -0.4 is 5.32 Å². The molecular weight excluding hydrogens is 206 g/mol. The minimum atomic E-state index is 0.764. The number of nitrogens with one attached hydrogen (secondary N) is 1. The summed E-state index contributed by atoms with van der Waals surface area (Å²) in [4.78, 5) is 8.60. The second kappa shape index (κ2) is 6.31. The van der Waals surface area contributed by atoms with Crippen LogP contribution in [0.1, 0.15) is 11.4 Å². The maximum Gasteiger partial charge on any atom is 0.147 e. The average molecular weight is 221 g/mol. The fourth-order valence-electron chi connectivity index (χ4n) is 1.08. The Morgan fingerprint density at radius 1 is 1.53 bits per heavy atom. The Kier molecular flexibility index (Phi) is 4.99. The van der Waals surface area contributed by atoms with E-state index in [9.17, 15) is 0 Å². The van der Waals surface area contributed by atoms with Crippen molar-refractivity contribution in [2.75, 3.05) is 23.4 Å². The van der Waals surface area contributed by atoms with Gasteiger partial charge in [-0.3, -0.25) is 4.98 Å².